The van der Waals surface area contributed by atoms with Crippen LogP contribution < -0.4 is 15.1 Å². The molecule has 4 rings (SSSR count). The molecule has 30 heavy (non-hydrogen) atoms. The largest absolute Gasteiger partial charge is 0.378 e. The summed E-state index contributed by atoms with van der Waals surface area (Å²) in [6.45, 7) is 7.58. The third kappa shape index (κ3) is 4.90. The first-order valence-corrected chi connectivity index (χ1v) is 11.0. The molecule has 1 amide bonds. The average molecular weight is 410 g/mol. The molecule has 1 aromatic heterocycles. The van der Waals surface area contributed by atoms with Gasteiger partial charge in [0.2, 0.25) is 5.91 Å². The number of benzene rings is 1. The standard InChI is InChI=1S/C23H31N5O2/c1-2-18-3-5-19(6-4-18)15-25-23(29)20-7-9-27(10-8-20)21-16-24-17-26-22(21)28-11-13-30-14-12-28/h3-6,16-17,20H,2,7-15H2,1H3,(H,25,29). The zero-order valence-corrected chi connectivity index (χ0v) is 17.7. The van der Waals surface area contributed by atoms with E-state index in [4.69, 9.17) is 4.74 Å². The first-order chi connectivity index (χ1) is 14.7. The number of nitrogens with one attached hydrogen (secondary N) is 1. The summed E-state index contributed by atoms with van der Waals surface area (Å²) >= 11 is 0. The van der Waals surface area contributed by atoms with Crippen molar-refractivity contribution in [1.82, 2.24) is 15.3 Å². The lowest BCUT2D eigenvalue weighted by Gasteiger charge is -2.36. The third-order valence-corrected chi connectivity index (χ3v) is 6.09. The quantitative estimate of drug-likeness (QED) is 0.790. The number of rotatable bonds is 6. The van der Waals surface area contributed by atoms with Gasteiger partial charge in [-0.25, -0.2) is 9.97 Å². The van der Waals surface area contributed by atoms with Crippen molar-refractivity contribution in [3.63, 3.8) is 0 Å². The lowest BCUT2D eigenvalue weighted by molar-refractivity contribution is -0.125. The van der Waals surface area contributed by atoms with Crippen molar-refractivity contribution >= 4 is 17.4 Å². The molecule has 2 aliphatic rings. The second-order valence-electron chi connectivity index (χ2n) is 7.98. The van der Waals surface area contributed by atoms with Crippen LogP contribution >= 0.6 is 0 Å². The molecule has 7 heteroatoms. The number of nitrogens with zero attached hydrogens (tertiary/aromatic N) is 4. The SMILES string of the molecule is CCc1ccc(CNC(=O)C2CCN(c3cncnc3N3CCOCC3)CC2)cc1. The molecule has 2 saturated heterocycles. The van der Waals surface area contributed by atoms with Crippen LogP contribution in [-0.2, 0) is 22.5 Å². The van der Waals surface area contributed by atoms with E-state index < -0.39 is 0 Å². The molecule has 0 atom stereocenters. The van der Waals surface area contributed by atoms with Gasteiger partial charge in [-0.05, 0) is 30.4 Å². The van der Waals surface area contributed by atoms with Gasteiger partial charge in [-0.15, -0.1) is 0 Å². The topological polar surface area (TPSA) is 70.6 Å². The minimum Gasteiger partial charge on any atom is -0.378 e. The van der Waals surface area contributed by atoms with Gasteiger partial charge in [-0.2, -0.15) is 0 Å². The Morgan fingerprint density at radius 2 is 1.77 bits per heavy atom. The highest BCUT2D eigenvalue weighted by molar-refractivity contribution is 5.79. The highest BCUT2D eigenvalue weighted by atomic mass is 16.5. The fourth-order valence-electron chi connectivity index (χ4n) is 4.17. The molecule has 2 aliphatic heterocycles. The number of morpholine rings is 1. The number of hydrogen-bond donors (Lipinski definition) is 1. The summed E-state index contributed by atoms with van der Waals surface area (Å²) < 4.78 is 5.47. The van der Waals surface area contributed by atoms with Crippen LogP contribution in [0.1, 0.15) is 30.9 Å². The molecule has 3 heterocycles. The predicted octanol–water partition coefficient (Wildman–Crippen LogP) is 2.41. The summed E-state index contributed by atoms with van der Waals surface area (Å²) in [6, 6.07) is 8.47. The van der Waals surface area contributed by atoms with Crippen molar-refractivity contribution in [2.45, 2.75) is 32.7 Å². The van der Waals surface area contributed by atoms with Crippen LogP contribution in [0.25, 0.3) is 0 Å². The molecule has 160 valence electrons. The number of aryl methyl sites for hydroxylation is 1. The molecular weight excluding hydrogens is 378 g/mol. The number of ether oxygens (including phenoxy) is 1. The molecule has 0 saturated carbocycles. The monoisotopic (exact) mass is 409 g/mol. The summed E-state index contributed by atoms with van der Waals surface area (Å²) in [6.07, 6.45) is 6.24. The van der Waals surface area contributed by atoms with Crippen molar-refractivity contribution in [3.8, 4) is 0 Å². The highest BCUT2D eigenvalue weighted by Gasteiger charge is 2.27. The number of hydrogen-bond acceptors (Lipinski definition) is 6. The maximum atomic E-state index is 12.7. The molecule has 0 unspecified atom stereocenters. The van der Waals surface area contributed by atoms with E-state index in [2.05, 4.69) is 56.3 Å². The van der Waals surface area contributed by atoms with E-state index in [1.54, 1.807) is 6.33 Å². The minimum atomic E-state index is 0.0626. The van der Waals surface area contributed by atoms with Crippen LogP contribution in [0.15, 0.2) is 36.8 Å². The summed E-state index contributed by atoms with van der Waals surface area (Å²) in [4.78, 5) is 26.1. The predicted molar refractivity (Wildman–Crippen MR) is 118 cm³/mol. The van der Waals surface area contributed by atoms with Crippen molar-refractivity contribution in [2.75, 3.05) is 49.2 Å². The Hall–Kier alpha value is -2.67. The van der Waals surface area contributed by atoms with Gasteiger partial charge < -0.3 is 19.9 Å². The van der Waals surface area contributed by atoms with E-state index in [9.17, 15) is 4.79 Å². The number of carbonyl (C=O) groups is 1. The summed E-state index contributed by atoms with van der Waals surface area (Å²) in [5, 5.41) is 3.12. The zero-order valence-electron chi connectivity index (χ0n) is 17.7. The molecule has 0 radical (unpaired) electrons. The second-order valence-corrected chi connectivity index (χ2v) is 7.98. The van der Waals surface area contributed by atoms with E-state index in [0.29, 0.717) is 6.54 Å². The number of amides is 1. The average Bonchev–Trinajstić information content (AvgIpc) is 2.83. The van der Waals surface area contributed by atoms with Crippen molar-refractivity contribution in [3.05, 3.63) is 47.9 Å². The summed E-state index contributed by atoms with van der Waals surface area (Å²) in [7, 11) is 0. The Labute approximate surface area is 178 Å². The maximum Gasteiger partial charge on any atom is 0.223 e. The van der Waals surface area contributed by atoms with E-state index in [-0.39, 0.29) is 11.8 Å². The molecule has 0 spiro atoms. The molecule has 2 fully saturated rings. The van der Waals surface area contributed by atoms with E-state index in [1.165, 1.54) is 5.56 Å². The number of piperidine rings is 1. The number of carbonyl (C=O) groups excluding carboxylic acids is 1. The van der Waals surface area contributed by atoms with Crippen LogP contribution in [0.4, 0.5) is 11.5 Å². The molecule has 7 nitrogen and oxygen atoms in total. The Morgan fingerprint density at radius 1 is 1.07 bits per heavy atom. The van der Waals surface area contributed by atoms with Gasteiger partial charge in [0.15, 0.2) is 5.82 Å². The zero-order chi connectivity index (χ0) is 20.8. The first kappa shape index (κ1) is 20.6. The van der Waals surface area contributed by atoms with Crippen LogP contribution in [0.3, 0.4) is 0 Å². The van der Waals surface area contributed by atoms with Gasteiger partial charge in [0.1, 0.15) is 6.33 Å². The van der Waals surface area contributed by atoms with Gasteiger partial charge in [-0.3, -0.25) is 4.79 Å². The van der Waals surface area contributed by atoms with Gasteiger partial charge in [0, 0.05) is 38.6 Å². The molecule has 1 N–H and O–H groups in total. The Morgan fingerprint density at radius 3 is 2.47 bits per heavy atom. The number of aromatic nitrogens is 2. The van der Waals surface area contributed by atoms with Gasteiger partial charge in [0.05, 0.1) is 25.1 Å². The van der Waals surface area contributed by atoms with Crippen molar-refractivity contribution in [1.29, 1.82) is 0 Å². The Bertz CT molecular complexity index is 828. The van der Waals surface area contributed by atoms with Gasteiger partial charge >= 0.3 is 0 Å². The second kappa shape index (κ2) is 9.89. The van der Waals surface area contributed by atoms with E-state index >= 15 is 0 Å². The van der Waals surface area contributed by atoms with Crippen LogP contribution in [0, 0.1) is 5.92 Å². The first-order valence-electron chi connectivity index (χ1n) is 11.0. The molecule has 2 aromatic rings. The molecular formula is C23H31N5O2. The Balaban J connectivity index is 1.31. The van der Waals surface area contributed by atoms with Crippen LogP contribution in [0.5, 0.6) is 0 Å². The Kier molecular flexibility index (Phi) is 6.79. The smallest absolute Gasteiger partial charge is 0.223 e. The van der Waals surface area contributed by atoms with Crippen LogP contribution in [-0.4, -0.2) is 55.3 Å². The van der Waals surface area contributed by atoms with Crippen molar-refractivity contribution < 1.29 is 9.53 Å². The molecule has 1 aromatic carbocycles. The maximum absolute atomic E-state index is 12.7. The summed E-state index contributed by atoms with van der Waals surface area (Å²) in [5.74, 6) is 1.20. The van der Waals surface area contributed by atoms with Crippen LogP contribution in [0.2, 0.25) is 0 Å². The molecule has 0 bridgehead atoms. The van der Waals surface area contributed by atoms with Gasteiger partial charge in [-0.1, -0.05) is 31.2 Å². The van der Waals surface area contributed by atoms with E-state index in [1.807, 2.05) is 6.20 Å². The lowest BCUT2D eigenvalue weighted by atomic mass is 9.95. The minimum absolute atomic E-state index is 0.0626. The summed E-state index contributed by atoms with van der Waals surface area (Å²) in [5.41, 5.74) is 3.53. The third-order valence-electron chi connectivity index (χ3n) is 6.09. The number of anilines is 2. The fraction of sp³-hybridized carbons (Fsp3) is 0.522. The van der Waals surface area contributed by atoms with E-state index in [0.717, 1.165) is 75.7 Å². The van der Waals surface area contributed by atoms with Crippen molar-refractivity contribution in [2.24, 2.45) is 5.92 Å². The molecule has 0 aliphatic carbocycles. The highest BCUT2D eigenvalue weighted by Crippen LogP contribution is 2.30. The lowest BCUT2D eigenvalue weighted by Crippen LogP contribution is -2.42. The fourth-order valence-corrected chi connectivity index (χ4v) is 4.17. The normalized spacial score (nSPS) is 17.8. The van der Waals surface area contributed by atoms with Gasteiger partial charge in [0.25, 0.3) is 0 Å².